The van der Waals surface area contributed by atoms with Gasteiger partial charge in [0, 0.05) is 24.6 Å². The average Bonchev–Trinajstić information content (AvgIpc) is 3.26. The number of amides is 2. The van der Waals surface area contributed by atoms with E-state index in [1.54, 1.807) is 27.0 Å². The molecular weight excluding hydrogens is 372 g/mol. The number of carbonyl (C=O) groups excluding carboxylic acids is 1. The molecular formula is C22H22N2O3S. The summed E-state index contributed by atoms with van der Waals surface area (Å²) in [7, 11) is 1.69. The van der Waals surface area contributed by atoms with Gasteiger partial charge in [-0.25, -0.2) is 4.79 Å². The molecule has 0 unspecified atom stereocenters. The highest BCUT2D eigenvalue weighted by molar-refractivity contribution is 7.97. The summed E-state index contributed by atoms with van der Waals surface area (Å²) in [5.41, 5.74) is 4.18. The van der Waals surface area contributed by atoms with Crippen LogP contribution in [0.2, 0.25) is 0 Å². The van der Waals surface area contributed by atoms with Crippen molar-refractivity contribution in [1.29, 1.82) is 0 Å². The summed E-state index contributed by atoms with van der Waals surface area (Å²) >= 11 is 1.18. The molecule has 1 aliphatic carbocycles. The van der Waals surface area contributed by atoms with Gasteiger partial charge < -0.3 is 14.8 Å². The van der Waals surface area contributed by atoms with Gasteiger partial charge in [0.2, 0.25) is 0 Å². The van der Waals surface area contributed by atoms with Crippen LogP contribution in [0.5, 0.6) is 0 Å². The highest BCUT2D eigenvalue weighted by Gasteiger charge is 2.30. The SMILES string of the molecule is CN(Sc1cc(C(C)(C)O)co1)C(=O)NC1c2ccccc2-c2ccccc21. The molecule has 6 heteroatoms. The maximum Gasteiger partial charge on any atom is 0.328 e. The van der Waals surface area contributed by atoms with Crippen molar-refractivity contribution in [3.8, 4) is 11.1 Å². The van der Waals surface area contributed by atoms with Crippen LogP contribution in [0, 0.1) is 0 Å². The Hall–Kier alpha value is -2.70. The molecule has 0 radical (unpaired) electrons. The van der Waals surface area contributed by atoms with Crippen LogP contribution >= 0.6 is 11.9 Å². The summed E-state index contributed by atoms with van der Waals surface area (Å²) in [4.78, 5) is 12.8. The van der Waals surface area contributed by atoms with Gasteiger partial charge in [-0.3, -0.25) is 4.31 Å². The van der Waals surface area contributed by atoms with Crippen molar-refractivity contribution in [2.24, 2.45) is 0 Å². The number of carbonyl (C=O) groups is 1. The molecule has 0 saturated carbocycles. The lowest BCUT2D eigenvalue weighted by molar-refractivity contribution is 0.0779. The first-order valence-electron chi connectivity index (χ1n) is 9.06. The Morgan fingerprint density at radius 3 is 2.21 bits per heavy atom. The van der Waals surface area contributed by atoms with Gasteiger partial charge in [0.05, 0.1) is 17.9 Å². The Morgan fingerprint density at radius 2 is 1.68 bits per heavy atom. The Labute approximate surface area is 168 Å². The molecule has 0 bridgehead atoms. The molecule has 1 heterocycles. The number of hydrogen-bond donors (Lipinski definition) is 2. The molecule has 3 aromatic rings. The minimum atomic E-state index is -0.986. The summed E-state index contributed by atoms with van der Waals surface area (Å²) < 4.78 is 6.97. The quantitative estimate of drug-likeness (QED) is 0.616. The Bertz CT molecular complexity index is 977. The molecule has 2 aromatic carbocycles. The number of fused-ring (bicyclic) bond motifs is 3. The Kier molecular flexibility index (Phi) is 4.69. The van der Waals surface area contributed by atoms with Crippen LogP contribution < -0.4 is 5.32 Å². The fourth-order valence-electron chi connectivity index (χ4n) is 3.39. The molecule has 1 aromatic heterocycles. The minimum Gasteiger partial charge on any atom is -0.456 e. The summed E-state index contributed by atoms with van der Waals surface area (Å²) in [6.45, 7) is 3.38. The maximum absolute atomic E-state index is 12.8. The topological polar surface area (TPSA) is 65.7 Å². The van der Waals surface area contributed by atoms with Gasteiger partial charge >= 0.3 is 6.03 Å². The van der Waals surface area contributed by atoms with E-state index in [0.29, 0.717) is 10.7 Å². The van der Waals surface area contributed by atoms with Crippen LogP contribution in [-0.4, -0.2) is 22.5 Å². The number of rotatable bonds is 4. The van der Waals surface area contributed by atoms with Crippen LogP contribution in [0.15, 0.2) is 70.4 Å². The van der Waals surface area contributed by atoms with Crippen LogP contribution in [0.3, 0.4) is 0 Å². The lowest BCUT2D eigenvalue weighted by atomic mass is 10.0. The highest BCUT2D eigenvalue weighted by Crippen LogP contribution is 2.43. The molecule has 0 fully saturated rings. The van der Waals surface area contributed by atoms with Gasteiger partial charge in [0.25, 0.3) is 0 Å². The molecule has 2 N–H and O–H groups in total. The third-order valence-electron chi connectivity index (χ3n) is 4.90. The fraction of sp³-hybridized carbons (Fsp3) is 0.227. The largest absolute Gasteiger partial charge is 0.456 e. The van der Waals surface area contributed by atoms with Crippen LogP contribution in [-0.2, 0) is 5.60 Å². The van der Waals surface area contributed by atoms with E-state index in [-0.39, 0.29) is 12.1 Å². The van der Waals surface area contributed by atoms with Crippen molar-refractivity contribution in [2.45, 2.75) is 30.6 Å². The molecule has 28 heavy (non-hydrogen) atoms. The average molecular weight is 394 g/mol. The number of hydrogen-bond acceptors (Lipinski definition) is 4. The fourth-order valence-corrected chi connectivity index (χ4v) is 4.06. The highest BCUT2D eigenvalue weighted by atomic mass is 32.2. The predicted octanol–water partition coefficient (Wildman–Crippen LogP) is 4.93. The number of urea groups is 1. The molecule has 2 amide bonds. The molecule has 0 aliphatic heterocycles. The Morgan fingerprint density at radius 1 is 1.11 bits per heavy atom. The van der Waals surface area contributed by atoms with Crippen molar-refractivity contribution < 1.29 is 14.3 Å². The second-order valence-corrected chi connectivity index (χ2v) is 8.49. The molecule has 0 saturated heterocycles. The summed E-state index contributed by atoms with van der Waals surface area (Å²) in [6, 6.07) is 17.6. The van der Waals surface area contributed by atoms with E-state index in [1.807, 2.05) is 24.3 Å². The lowest BCUT2D eigenvalue weighted by Crippen LogP contribution is -2.35. The number of benzene rings is 2. The van der Waals surface area contributed by atoms with Crippen molar-refractivity contribution in [3.63, 3.8) is 0 Å². The van der Waals surface area contributed by atoms with Gasteiger partial charge in [-0.05, 0) is 42.2 Å². The number of furan rings is 1. The summed E-state index contributed by atoms with van der Waals surface area (Å²) in [5, 5.41) is 13.7. The van der Waals surface area contributed by atoms with Gasteiger partial charge in [-0.2, -0.15) is 0 Å². The first-order valence-corrected chi connectivity index (χ1v) is 9.84. The van der Waals surface area contributed by atoms with E-state index in [9.17, 15) is 9.90 Å². The molecule has 0 atom stereocenters. The zero-order valence-electron chi connectivity index (χ0n) is 16.0. The standard InChI is InChI=1S/C22H22N2O3S/c1-22(2,26)14-12-19(27-13-14)28-24(3)21(25)23-20-17-10-6-4-8-15(17)16-9-5-7-11-18(16)20/h4-13,20,26H,1-3H3,(H,23,25). The van der Waals surface area contributed by atoms with E-state index in [0.717, 1.165) is 22.3 Å². The van der Waals surface area contributed by atoms with Gasteiger partial charge in [0.1, 0.15) is 0 Å². The smallest absolute Gasteiger partial charge is 0.328 e. The number of nitrogens with zero attached hydrogens (tertiary/aromatic N) is 1. The second kappa shape index (κ2) is 7.04. The van der Waals surface area contributed by atoms with Crippen LogP contribution in [0.1, 0.15) is 36.6 Å². The van der Waals surface area contributed by atoms with E-state index >= 15 is 0 Å². The van der Waals surface area contributed by atoms with E-state index in [4.69, 9.17) is 4.42 Å². The lowest BCUT2D eigenvalue weighted by Gasteiger charge is -2.20. The zero-order chi connectivity index (χ0) is 19.9. The molecule has 4 rings (SSSR count). The van der Waals surface area contributed by atoms with Crippen molar-refractivity contribution >= 4 is 18.0 Å². The summed E-state index contributed by atoms with van der Waals surface area (Å²) in [5.74, 6) is 0. The first-order chi connectivity index (χ1) is 13.3. The third kappa shape index (κ3) is 3.41. The predicted molar refractivity (Wildman–Crippen MR) is 110 cm³/mol. The molecule has 1 aliphatic rings. The zero-order valence-corrected chi connectivity index (χ0v) is 16.8. The van der Waals surface area contributed by atoms with Crippen LogP contribution in [0.4, 0.5) is 4.79 Å². The number of nitrogens with one attached hydrogen (secondary N) is 1. The van der Waals surface area contributed by atoms with Crippen molar-refractivity contribution in [2.75, 3.05) is 7.05 Å². The van der Waals surface area contributed by atoms with E-state index < -0.39 is 5.60 Å². The summed E-state index contributed by atoms with van der Waals surface area (Å²) in [6.07, 6.45) is 1.51. The first kappa shape index (κ1) is 18.7. The van der Waals surface area contributed by atoms with Gasteiger partial charge in [-0.1, -0.05) is 48.5 Å². The van der Waals surface area contributed by atoms with Gasteiger partial charge in [0.15, 0.2) is 5.09 Å². The third-order valence-corrected chi connectivity index (χ3v) is 5.73. The number of aliphatic hydroxyl groups is 1. The van der Waals surface area contributed by atoms with Crippen LogP contribution in [0.25, 0.3) is 11.1 Å². The Balaban J connectivity index is 1.51. The van der Waals surface area contributed by atoms with Crippen molar-refractivity contribution in [1.82, 2.24) is 9.62 Å². The maximum atomic E-state index is 12.8. The van der Waals surface area contributed by atoms with E-state index in [2.05, 4.69) is 29.6 Å². The molecule has 5 nitrogen and oxygen atoms in total. The van der Waals surface area contributed by atoms with Gasteiger partial charge in [-0.15, -0.1) is 0 Å². The minimum absolute atomic E-state index is 0.188. The molecule has 0 spiro atoms. The monoisotopic (exact) mass is 394 g/mol. The second-order valence-electron chi connectivity index (χ2n) is 7.36. The normalized spacial score (nSPS) is 13.1. The molecule has 144 valence electrons. The van der Waals surface area contributed by atoms with E-state index in [1.165, 1.54) is 22.5 Å². The van der Waals surface area contributed by atoms with Crippen molar-refractivity contribution in [3.05, 3.63) is 77.6 Å².